The summed E-state index contributed by atoms with van der Waals surface area (Å²) < 4.78 is 7.26. The van der Waals surface area contributed by atoms with Crippen molar-refractivity contribution in [1.29, 1.82) is 0 Å². The molecule has 3 amide bonds. The Morgan fingerprint density at radius 2 is 1.69 bits per heavy atom. The van der Waals surface area contributed by atoms with E-state index < -0.39 is 6.17 Å². The first-order valence-corrected chi connectivity index (χ1v) is 11.8. The van der Waals surface area contributed by atoms with Gasteiger partial charge in [0.2, 0.25) is 5.91 Å². The molecule has 3 heterocycles. The fourth-order valence-corrected chi connectivity index (χ4v) is 5.20. The van der Waals surface area contributed by atoms with Crippen LogP contribution in [0.2, 0.25) is 0 Å². The number of para-hydroxylation sites is 1. The normalized spacial score (nSPS) is 16.2. The Morgan fingerprint density at radius 1 is 0.917 bits per heavy atom. The highest BCUT2D eigenvalue weighted by atomic mass is 16.5. The fourth-order valence-electron chi connectivity index (χ4n) is 5.20. The SMILES string of the molecule is COCCn1ccc2c(NC(=O)CN3C(=O)c4ccccc4N4C(=O)c5ccccc5C34)cccc21. The lowest BCUT2D eigenvalue weighted by Crippen LogP contribution is -2.50. The predicted octanol–water partition coefficient (Wildman–Crippen LogP) is 4.04. The van der Waals surface area contributed by atoms with Crippen LogP contribution in [-0.4, -0.2) is 47.4 Å². The molecule has 2 aliphatic rings. The Kier molecular flexibility index (Phi) is 5.30. The summed E-state index contributed by atoms with van der Waals surface area (Å²) in [4.78, 5) is 43.3. The molecule has 0 spiro atoms. The standard InChI is InChI=1S/C28H24N4O4/c1-36-16-15-30-14-13-20-22(10-6-12-23(20)30)29-25(33)17-31-26-18-7-2-3-8-19(18)28(35)32(26)24-11-5-4-9-21(24)27(31)34/h2-14,26H,15-17H2,1H3,(H,29,33). The predicted molar refractivity (Wildman–Crippen MR) is 136 cm³/mol. The van der Waals surface area contributed by atoms with Gasteiger partial charge in [-0.2, -0.15) is 0 Å². The highest BCUT2D eigenvalue weighted by Gasteiger charge is 2.48. The maximum Gasteiger partial charge on any atom is 0.260 e. The number of carbonyl (C=O) groups is 3. The molecule has 0 fully saturated rings. The van der Waals surface area contributed by atoms with Crippen LogP contribution in [0.3, 0.4) is 0 Å². The molecule has 3 aromatic carbocycles. The molecule has 4 aromatic rings. The fraction of sp³-hybridized carbons (Fsp3) is 0.179. The zero-order chi connectivity index (χ0) is 24.8. The summed E-state index contributed by atoms with van der Waals surface area (Å²) in [6.07, 6.45) is 1.29. The topological polar surface area (TPSA) is 83.9 Å². The molecule has 1 N–H and O–H groups in total. The van der Waals surface area contributed by atoms with Gasteiger partial charge in [-0.3, -0.25) is 19.3 Å². The van der Waals surface area contributed by atoms with Gasteiger partial charge in [0.25, 0.3) is 11.8 Å². The number of ether oxygens (including phenoxy) is 1. The number of nitrogens with one attached hydrogen (secondary N) is 1. The molecule has 0 aliphatic carbocycles. The van der Waals surface area contributed by atoms with E-state index in [9.17, 15) is 14.4 Å². The Hall–Kier alpha value is -4.43. The maximum atomic E-state index is 13.6. The molecule has 1 unspecified atom stereocenters. The van der Waals surface area contributed by atoms with Crippen LogP contribution in [0, 0.1) is 0 Å². The average molecular weight is 481 g/mol. The molecule has 8 heteroatoms. The molecule has 8 nitrogen and oxygen atoms in total. The summed E-state index contributed by atoms with van der Waals surface area (Å²) in [6.45, 7) is 1.08. The number of hydrogen-bond acceptors (Lipinski definition) is 4. The van der Waals surface area contributed by atoms with E-state index in [-0.39, 0.29) is 24.3 Å². The van der Waals surface area contributed by atoms with Crippen LogP contribution >= 0.6 is 0 Å². The number of nitrogens with zero attached hydrogens (tertiary/aromatic N) is 3. The lowest BCUT2D eigenvalue weighted by Gasteiger charge is -2.40. The first kappa shape index (κ1) is 22.1. The van der Waals surface area contributed by atoms with Gasteiger partial charge in [-0.1, -0.05) is 36.4 Å². The summed E-state index contributed by atoms with van der Waals surface area (Å²) in [5, 5.41) is 3.88. The summed E-state index contributed by atoms with van der Waals surface area (Å²) >= 11 is 0. The lowest BCUT2D eigenvalue weighted by atomic mass is 10.0. The summed E-state index contributed by atoms with van der Waals surface area (Å²) in [5.74, 6) is -0.796. The van der Waals surface area contributed by atoms with Crippen LogP contribution in [0.5, 0.6) is 0 Å². The Balaban J connectivity index is 1.33. The van der Waals surface area contributed by atoms with Gasteiger partial charge >= 0.3 is 0 Å². The van der Waals surface area contributed by atoms with E-state index in [1.807, 2.05) is 42.6 Å². The third kappa shape index (κ3) is 3.37. The summed E-state index contributed by atoms with van der Waals surface area (Å²) in [7, 11) is 1.66. The van der Waals surface area contributed by atoms with E-state index in [1.54, 1.807) is 48.4 Å². The van der Waals surface area contributed by atoms with Crippen molar-refractivity contribution < 1.29 is 19.1 Å². The minimum atomic E-state index is -0.673. The van der Waals surface area contributed by atoms with Gasteiger partial charge in [0.05, 0.1) is 29.1 Å². The van der Waals surface area contributed by atoms with Crippen molar-refractivity contribution in [2.75, 3.05) is 30.5 Å². The van der Waals surface area contributed by atoms with Crippen LogP contribution in [0.1, 0.15) is 32.4 Å². The van der Waals surface area contributed by atoms with Crippen LogP contribution in [0.15, 0.2) is 79.0 Å². The third-order valence-corrected chi connectivity index (χ3v) is 6.82. The maximum absolute atomic E-state index is 13.6. The molecule has 0 bridgehead atoms. The van der Waals surface area contributed by atoms with E-state index in [2.05, 4.69) is 9.88 Å². The largest absolute Gasteiger partial charge is 0.383 e. The minimum Gasteiger partial charge on any atom is -0.383 e. The molecule has 0 saturated carbocycles. The Morgan fingerprint density at radius 3 is 2.53 bits per heavy atom. The molecule has 1 aromatic heterocycles. The third-order valence-electron chi connectivity index (χ3n) is 6.82. The van der Waals surface area contributed by atoms with Crippen molar-refractivity contribution in [2.24, 2.45) is 0 Å². The van der Waals surface area contributed by atoms with Crippen molar-refractivity contribution >= 4 is 40.0 Å². The number of hydrogen-bond donors (Lipinski definition) is 1. The van der Waals surface area contributed by atoms with E-state index in [0.29, 0.717) is 35.7 Å². The molecular formula is C28H24N4O4. The molecule has 0 radical (unpaired) electrons. The van der Waals surface area contributed by atoms with Crippen LogP contribution < -0.4 is 10.2 Å². The first-order chi connectivity index (χ1) is 17.6. The van der Waals surface area contributed by atoms with Crippen molar-refractivity contribution in [2.45, 2.75) is 12.7 Å². The second-order valence-corrected chi connectivity index (χ2v) is 8.87. The number of benzene rings is 3. The second-order valence-electron chi connectivity index (χ2n) is 8.87. The number of fused-ring (bicyclic) bond motifs is 6. The zero-order valence-corrected chi connectivity index (χ0v) is 19.7. The summed E-state index contributed by atoms with van der Waals surface area (Å²) in [5.41, 5.74) is 3.87. The van der Waals surface area contributed by atoms with Gasteiger partial charge < -0.3 is 19.5 Å². The number of methoxy groups -OCH3 is 1. The number of carbonyl (C=O) groups excluding carboxylic acids is 3. The lowest BCUT2D eigenvalue weighted by molar-refractivity contribution is -0.117. The number of rotatable bonds is 6. The van der Waals surface area contributed by atoms with E-state index in [4.69, 9.17) is 4.74 Å². The van der Waals surface area contributed by atoms with Crippen molar-refractivity contribution in [3.05, 3.63) is 95.7 Å². The molecule has 180 valence electrons. The molecule has 2 aliphatic heterocycles. The van der Waals surface area contributed by atoms with Crippen LogP contribution in [-0.2, 0) is 16.1 Å². The average Bonchev–Trinajstić information content (AvgIpc) is 3.45. The molecule has 0 saturated heterocycles. The van der Waals surface area contributed by atoms with E-state index >= 15 is 0 Å². The molecular weight excluding hydrogens is 456 g/mol. The van der Waals surface area contributed by atoms with Gasteiger partial charge in [0, 0.05) is 36.4 Å². The molecule has 6 rings (SSSR count). The number of aromatic nitrogens is 1. The van der Waals surface area contributed by atoms with Gasteiger partial charge in [-0.25, -0.2) is 0 Å². The smallest absolute Gasteiger partial charge is 0.260 e. The highest BCUT2D eigenvalue weighted by molar-refractivity contribution is 6.17. The van der Waals surface area contributed by atoms with Gasteiger partial charge in [0.15, 0.2) is 0 Å². The summed E-state index contributed by atoms with van der Waals surface area (Å²) in [6, 6.07) is 22.0. The zero-order valence-electron chi connectivity index (χ0n) is 19.7. The van der Waals surface area contributed by atoms with E-state index in [1.165, 1.54) is 4.90 Å². The van der Waals surface area contributed by atoms with Crippen LogP contribution in [0.4, 0.5) is 11.4 Å². The van der Waals surface area contributed by atoms with Crippen molar-refractivity contribution in [1.82, 2.24) is 9.47 Å². The van der Waals surface area contributed by atoms with Gasteiger partial charge in [-0.15, -0.1) is 0 Å². The van der Waals surface area contributed by atoms with E-state index in [0.717, 1.165) is 16.5 Å². The number of amides is 3. The van der Waals surface area contributed by atoms with Crippen molar-refractivity contribution in [3.63, 3.8) is 0 Å². The monoisotopic (exact) mass is 480 g/mol. The highest BCUT2D eigenvalue weighted by Crippen LogP contribution is 2.45. The second kappa shape index (κ2) is 8.66. The molecule has 36 heavy (non-hydrogen) atoms. The number of anilines is 2. The first-order valence-electron chi connectivity index (χ1n) is 11.8. The van der Waals surface area contributed by atoms with Gasteiger partial charge in [-0.05, 0) is 36.4 Å². The van der Waals surface area contributed by atoms with Crippen LogP contribution in [0.25, 0.3) is 10.9 Å². The molecule has 1 atom stereocenters. The Bertz CT molecular complexity index is 1530. The Labute approximate surface area is 207 Å². The van der Waals surface area contributed by atoms with Gasteiger partial charge in [0.1, 0.15) is 12.7 Å². The minimum absolute atomic E-state index is 0.178. The van der Waals surface area contributed by atoms with Crippen molar-refractivity contribution in [3.8, 4) is 0 Å². The quantitative estimate of drug-likeness (QED) is 0.452.